The van der Waals surface area contributed by atoms with Crippen LogP contribution < -0.4 is 0 Å². The summed E-state index contributed by atoms with van der Waals surface area (Å²) < 4.78 is 4.63. The summed E-state index contributed by atoms with van der Waals surface area (Å²) in [6, 6.07) is 1.61. The van der Waals surface area contributed by atoms with Crippen molar-refractivity contribution in [3.63, 3.8) is 0 Å². The minimum atomic E-state index is -0.0833. The smallest absolute Gasteiger partial charge is 0.206 e. The van der Waals surface area contributed by atoms with Crippen LogP contribution in [0.1, 0.15) is 10.5 Å². The normalized spacial score (nSPS) is 9.70. The summed E-state index contributed by atoms with van der Waals surface area (Å²) in [5.41, 5.74) is 0.488. The number of carbonyl (C=O) groups is 1. The molecule has 0 saturated carbocycles. The molecule has 0 aliphatic carbocycles. The molecule has 1 aromatic rings. The lowest BCUT2D eigenvalue weighted by molar-refractivity contribution is 0.0843. The summed E-state index contributed by atoms with van der Waals surface area (Å²) in [4.78, 5) is 10.9. The van der Waals surface area contributed by atoms with E-state index in [9.17, 15) is 4.79 Å². The Bertz CT molecular complexity index is 206. The summed E-state index contributed by atoms with van der Waals surface area (Å²) in [6.45, 7) is 0.0994. The predicted molar refractivity (Wildman–Crippen MR) is 34.8 cm³/mol. The lowest BCUT2D eigenvalue weighted by Gasteiger charge is -1.92. The zero-order chi connectivity index (χ0) is 7.40. The van der Waals surface area contributed by atoms with E-state index >= 15 is 0 Å². The van der Waals surface area contributed by atoms with Crippen LogP contribution in [0.5, 0.6) is 0 Å². The topological polar surface area (TPSA) is 55.0 Å². The van der Waals surface area contributed by atoms with Crippen molar-refractivity contribution in [2.75, 3.05) is 13.7 Å². The molecule has 0 fully saturated rings. The number of ketones is 1. The molecule has 0 saturated heterocycles. The fourth-order valence-corrected chi connectivity index (χ4v) is 0.620. The van der Waals surface area contributed by atoms with Gasteiger partial charge in [-0.1, -0.05) is 0 Å². The largest absolute Gasteiger partial charge is 0.376 e. The molecule has 54 valence electrons. The number of H-pyrrole nitrogens is 1. The van der Waals surface area contributed by atoms with Crippen LogP contribution in [0.25, 0.3) is 0 Å². The third kappa shape index (κ3) is 1.41. The Kier molecular flexibility index (Phi) is 2.17. The number of aromatic amines is 1. The minimum Gasteiger partial charge on any atom is -0.376 e. The number of rotatable bonds is 3. The Labute approximate surface area is 58.2 Å². The molecule has 0 amide bonds. The molecule has 1 rings (SSSR count). The second kappa shape index (κ2) is 3.12. The van der Waals surface area contributed by atoms with E-state index in [0.29, 0.717) is 5.69 Å². The van der Waals surface area contributed by atoms with Gasteiger partial charge in [0.25, 0.3) is 0 Å². The molecule has 0 aromatic carbocycles. The molecule has 4 nitrogen and oxygen atoms in total. The number of aromatic nitrogens is 2. The number of hydrogen-bond acceptors (Lipinski definition) is 3. The molecule has 0 spiro atoms. The molecule has 4 heteroatoms. The Morgan fingerprint density at radius 3 is 3.20 bits per heavy atom. The second-order valence-corrected chi connectivity index (χ2v) is 1.83. The SMILES string of the molecule is COCC(=O)c1ccn[nH]1. The number of hydrogen-bond donors (Lipinski definition) is 1. The van der Waals surface area contributed by atoms with E-state index in [0.717, 1.165) is 0 Å². The van der Waals surface area contributed by atoms with Gasteiger partial charge in [0, 0.05) is 13.3 Å². The van der Waals surface area contributed by atoms with Crippen molar-refractivity contribution in [2.45, 2.75) is 0 Å². The Hall–Kier alpha value is -1.16. The highest BCUT2D eigenvalue weighted by atomic mass is 16.5. The fourth-order valence-electron chi connectivity index (χ4n) is 0.620. The monoisotopic (exact) mass is 140 g/mol. The van der Waals surface area contributed by atoms with Crippen molar-refractivity contribution in [1.29, 1.82) is 0 Å². The van der Waals surface area contributed by atoms with Gasteiger partial charge < -0.3 is 4.74 Å². The van der Waals surface area contributed by atoms with Crippen LogP contribution >= 0.6 is 0 Å². The van der Waals surface area contributed by atoms with Gasteiger partial charge in [0.05, 0.1) is 0 Å². The van der Waals surface area contributed by atoms with Crippen molar-refractivity contribution in [2.24, 2.45) is 0 Å². The molecular weight excluding hydrogens is 132 g/mol. The molecule has 0 bridgehead atoms. The van der Waals surface area contributed by atoms with Crippen molar-refractivity contribution in [1.82, 2.24) is 10.2 Å². The van der Waals surface area contributed by atoms with Gasteiger partial charge >= 0.3 is 0 Å². The van der Waals surface area contributed by atoms with Gasteiger partial charge in [-0.15, -0.1) is 0 Å². The van der Waals surface area contributed by atoms with E-state index in [4.69, 9.17) is 0 Å². The summed E-state index contributed by atoms with van der Waals surface area (Å²) in [5.74, 6) is -0.0833. The number of nitrogens with one attached hydrogen (secondary N) is 1. The molecule has 1 heterocycles. The van der Waals surface area contributed by atoms with Gasteiger partial charge in [0.15, 0.2) is 0 Å². The highest BCUT2D eigenvalue weighted by Crippen LogP contribution is 1.92. The van der Waals surface area contributed by atoms with Gasteiger partial charge in [-0.25, -0.2) is 0 Å². The number of carbonyl (C=O) groups excluding carboxylic acids is 1. The fraction of sp³-hybridized carbons (Fsp3) is 0.333. The number of ether oxygens (including phenoxy) is 1. The molecule has 0 unspecified atom stereocenters. The lowest BCUT2D eigenvalue weighted by Crippen LogP contribution is -2.07. The highest BCUT2D eigenvalue weighted by Gasteiger charge is 2.04. The molecule has 1 N–H and O–H groups in total. The zero-order valence-electron chi connectivity index (χ0n) is 5.63. The maximum atomic E-state index is 10.9. The van der Waals surface area contributed by atoms with E-state index in [1.165, 1.54) is 13.3 Å². The first-order chi connectivity index (χ1) is 4.84. The lowest BCUT2D eigenvalue weighted by atomic mass is 10.3. The minimum absolute atomic E-state index is 0.0833. The first-order valence-corrected chi connectivity index (χ1v) is 2.86. The summed E-state index contributed by atoms with van der Waals surface area (Å²) >= 11 is 0. The van der Waals surface area contributed by atoms with Crippen LogP contribution in [0, 0.1) is 0 Å². The van der Waals surface area contributed by atoms with E-state index in [-0.39, 0.29) is 12.4 Å². The van der Waals surface area contributed by atoms with Gasteiger partial charge in [-0.2, -0.15) is 5.10 Å². The third-order valence-electron chi connectivity index (χ3n) is 1.08. The first-order valence-electron chi connectivity index (χ1n) is 2.86. The van der Waals surface area contributed by atoms with Crippen molar-refractivity contribution in [3.05, 3.63) is 18.0 Å². The maximum absolute atomic E-state index is 10.9. The molecular formula is C6H8N2O2. The molecule has 1 aromatic heterocycles. The Balaban J connectivity index is 2.59. The Morgan fingerprint density at radius 1 is 1.90 bits per heavy atom. The van der Waals surface area contributed by atoms with Crippen LogP contribution in [0.4, 0.5) is 0 Å². The van der Waals surface area contributed by atoms with Crippen molar-refractivity contribution in [3.8, 4) is 0 Å². The maximum Gasteiger partial charge on any atom is 0.206 e. The summed E-state index contributed by atoms with van der Waals surface area (Å²) in [7, 11) is 1.48. The number of nitrogens with zero attached hydrogens (tertiary/aromatic N) is 1. The van der Waals surface area contributed by atoms with Crippen LogP contribution in [-0.2, 0) is 4.74 Å². The van der Waals surface area contributed by atoms with Crippen molar-refractivity contribution >= 4 is 5.78 Å². The number of Topliss-reactive ketones (excluding diaryl/α,β-unsaturated/α-hetero) is 1. The van der Waals surface area contributed by atoms with Gasteiger partial charge in [-0.3, -0.25) is 9.89 Å². The predicted octanol–water partition coefficient (Wildman–Crippen LogP) is 0.239. The molecule has 10 heavy (non-hydrogen) atoms. The van der Waals surface area contributed by atoms with Crippen LogP contribution in [0.15, 0.2) is 12.3 Å². The quantitative estimate of drug-likeness (QED) is 0.612. The standard InChI is InChI=1S/C6H8N2O2/c1-10-4-6(9)5-2-3-7-8-5/h2-3H,4H2,1H3,(H,7,8). The molecule has 0 atom stereocenters. The summed E-state index contributed by atoms with van der Waals surface area (Å²) in [6.07, 6.45) is 1.53. The van der Waals surface area contributed by atoms with E-state index < -0.39 is 0 Å². The van der Waals surface area contributed by atoms with Crippen molar-refractivity contribution < 1.29 is 9.53 Å². The van der Waals surface area contributed by atoms with Gasteiger partial charge in [-0.05, 0) is 6.07 Å². The molecule has 0 aliphatic rings. The van der Waals surface area contributed by atoms with Gasteiger partial charge in [0.2, 0.25) is 5.78 Å². The van der Waals surface area contributed by atoms with E-state index in [1.54, 1.807) is 6.07 Å². The van der Waals surface area contributed by atoms with E-state index in [2.05, 4.69) is 14.9 Å². The van der Waals surface area contributed by atoms with Gasteiger partial charge in [0.1, 0.15) is 12.3 Å². The number of methoxy groups -OCH3 is 1. The van der Waals surface area contributed by atoms with Crippen LogP contribution in [0.3, 0.4) is 0 Å². The Morgan fingerprint density at radius 2 is 2.70 bits per heavy atom. The first kappa shape index (κ1) is 6.95. The highest BCUT2D eigenvalue weighted by molar-refractivity contribution is 5.95. The molecule has 0 aliphatic heterocycles. The average Bonchev–Trinajstić information content (AvgIpc) is 2.38. The second-order valence-electron chi connectivity index (χ2n) is 1.83. The van der Waals surface area contributed by atoms with Crippen LogP contribution in [-0.4, -0.2) is 29.7 Å². The molecule has 0 radical (unpaired) electrons. The average molecular weight is 140 g/mol. The summed E-state index contributed by atoms with van der Waals surface area (Å²) in [5, 5.41) is 6.17. The van der Waals surface area contributed by atoms with E-state index in [1.807, 2.05) is 0 Å². The van der Waals surface area contributed by atoms with Crippen LogP contribution in [0.2, 0.25) is 0 Å². The zero-order valence-corrected chi connectivity index (χ0v) is 5.63. The third-order valence-corrected chi connectivity index (χ3v) is 1.08.